The minimum Gasteiger partial charge on any atom is -0.492 e. The molecule has 0 bridgehead atoms. The highest BCUT2D eigenvalue weighted by Gasteiger charge is 2.12. The molecule has 0 saturated carbocycles. The minimum absolute atomic E-state index is 0.0556. The maximum Gasteiger partial charge on any atom is 0.276 e. The normalized spacial score (nSPS) is 10.5. The summed E-state index contributed by atoms with van der Waals surface area (Å²) >= 11 is 14.6. The molecule has 2 aromatic rings. The van der Waals surface area contributed by atoms with E-state index in [-0.39, 0.29) is 11.7 Å². The van der Waals surface area contributed by atoms with Crippen LogP contribution in [0.25, 0.3) is 0 Å². The van der Waals surface area contributed by atoms with Gasteiger partial charge in [0.05, 0.1) is 11.1 Å². The number of rotatable bonds is 8. The van der Waals surface area contributed by atoms with Crippen molar-refractivity contribution in [3.8, 4) is 11.5 Å². The molecular formula is C23H27BrClN3O4S. The van der Waals surface area contributed by atoms with Gasteiger partial charge in [-0.05, 0) is 95.8 Å². The lowest BCUT2D eigenvalue weighted by Crippen LogP contribution is -2.49. The molecule has 3 N–H and O–H groups in total. The number of halogens is 2. The van der Waals surface area contributed by atoms with E-state index in [0.717, 1.165) is 17.5 Å². The Balaban J connectivity index is 1.79. The fourth-order valence-corrected chi connectivity index (χ4v) is 3.42. The van der Waals surface area contributed by atoms with Crippen LogP contribution in [0.3, 0.4) is 0 Å². The first-order valence-electron chi connectivity index (χ1n) is 10.3. The van der Waals surface area contributed by atoms with Crippen LogP contribution in [0, 0.1) is 19.8 Å². The zero-order valence-electron chi connectivity index (χ0n) is 18.9. The summed E-state index contributed by atoms with van der Waals surface area (Å²) in [6.07, 6.45) is 0.935. The van der Waals surface area contributed by atoms with Crippen molar-refractivity contribution in [3.63, 3.8) is 0 Å². The van der Waals surface area contributed by atoms with Gasteiger partial charge in [0.2, 0.25) is 0 Å². The van der Waals surface area contributed by atoms with Crippen LogP contribution in [0.2, 0.25) is 5.02 Å². The molecule has 0 fully saturated rings. The molecule has 0 spiro atoms. The molecule has 0 heterocycles. The molecule has 33 heavy (non-hydrogen) atoms. The van der Waals surface area contributed by atoms with Gasteiger partial charge in [-0.3, -0.25) is 25.8 Å². The first-order chi connectivity index (χ1) is 15.6. The second kappa shape index (κ2) is 12.8. The van der Waals surface area contributed by atoms with Gasteiger partial charge in [0.15, 0.2) is 11.7 Å². The van der Waals surface area contributed by atoms with Crippen molar-refractivity contribution in [2.45, 2.75) is 34.1 Å². The molecule has 2 rings (SSSR count). The molecule has 0 aliphatic heterocycles. The van der Waals surface area contributed by atoms with E-state index in [0.29, 0.717) is 39.1 Å². The van der Waals surface area contributed by atoms with E-state index in [1.54, 1.807) is 30.3 Å². The summed E-state index contributed by atoms with van der Waals surface area (Å²) in [6.45, 7) is 8.32. The smallest absolute Gasteiger partial charge is 0.276 e. The molecule has 0 saturated heterocycles. The predicted octanol–water partition coefficient (Wildman–Crippen LogP) is 4.86. The van der Waals surface area contributed by atoms with Crippen LogP contribution in [0.15, 0.2) is 34.8 Å². The van der Waals surface area contributed by atoms with Crippen LogP contribution in [0.5, 0.6) is 11.5 Å². The summed E-state index contributed by atoms with van der Waals surface area (Å²) in [7, 11) is 0. The predicted molar refractivity (Wildman–Crippen MR) is 137 cm³/mol. The van der Waals surface area contributed by atoms with Crippen LogP contribution in [-0.4, -0.2) is 30.1 Å². The van der Waals surface area contributed by atoms with Crippen LogP contribution in [-0.2, 0) is 4.79 Å². The molecular weight excluding hydrogens is 530 g/mol. The summed E-state index contributed by atoms with van der Waals surface area (Å²) in [5, 5.41) is 3.11. The monoisotopic (exact) mass is 555 g/mol. The lowest BCUT2D eigenvalue weighted by molar-refractivity contribution is -0.123. The first-order valence-corrected chi connectivity index (χ1v) is 11.9. The molecule has 0 aromatic heterocycles. The summed E-state index contributed by atoms with van der Waals surface area (Å²) in [6, 6.07) is 8.50. The van der Waals surface area contributed by atoms with E-state index in [9.17, 15) is 9.59 Å². The molecule has 0 radical (unpaired) electrons. The minimum atomic E-state index is -0.470. The topological polar surface area (TPSA) is 88.7 Å². The molecule has 7 nitrogen and oxygen atoms in total. The zero-order chi connectivity index (χ0) is 24.5. The standard InChI is InChI=1S/C23H27BrClN3O4S/c1-13(2)7-8-31-19-6-5-16(11-18(19)24)22(30)26-23(33)28-27-20(29)12-32-17-9-14(3)21(25)15(4)10-17/h5-6,9-11,13H,7-8,12H2,1-4H3,(H,27,29)(H2,26,28,30,33). The molecule has 2 aromatic carbocycles. The average molecular weight is 557 g/mol. The van der Waals surface area contributed by atoms with Gasteiger partial charge in [-0.15, -0.1) is 0 Å². The maximum atomic E-state index is 12.4. The first kappa shape index (κ1) is 26.9. The molecule has 2 amide bonds. The van der Waals surface area contributed by atoms with Gasteiger partial charge in [-0.25, -0.2) is 0 Å². The number of benzene rings is 2. The molecule has 0 aliphatic carbocycles. The van der Waals surface area contributed by atoms with E-state index in [4.69, 9.17) is 33.3 Å². The Labute approximate surface area is 212 Å². The number of carbonyl (C=O) groups excluding carboxylic acids is 2. The van der Waals surface area contributed by atoms with E-state index < -0.39 is 11.8 Å². The third-order valence-corrected chi connectivity index (χ3v) is 5.89. The summed E-state index contributed by atoms with van der Waals surface area (Å²) in [5.74, 6) is 0.830. The van der Waals surface area contributed by atoms with Gasteiger partial charge in [0.25, 0.3) is 11.8 Å². The number of carbonyl (C=O) groups is 2. The summed E-state index contributed by atoms with van der Waals surface area (Å²) < 4.78 is 11.9. The van der Waals surface area contributed by atoms with E-state index in [2.05, 4.69) is 45.9 Å². The van der Waals surface area contributed by atoms with Crippen molar-refractivity contribution >= 4 is 56.7 Å². The van der Waals surface area contributed by atoms with Gasteiger partial charge in [0, 0.05) is 10.6 Å². The Kier molecular flexibility index (Phi) is 10.4. The highest BCUT2D eigenvalue weighted by molar-refractivity contribution is 9.10. The third-order valence-electron chi connectivity index (χ3n) is 4.47. The maximum absolute atomic E-state index is 12.4. The van der Waals surface area contributed by atoms with Crippen molar-refractivity contribution in [3.05, 3.63) is 56.5 Å². The van der Waals surface area contributed by atoms with Crippen LogP contribution in [0.1, 0.15) is 41.8 Å². The van der Waals surface area contributed by atoms with Crippen LogP contribution in [0.4, 0.5) is 0 Å². The molecule has 0 atom stereocenters. The van der Waals surface area contributed by atoms with Crippen LogP contribution >= 0.6 is 39.7 Å². The SMILES string of the molecule is Cc1cc(OCC(=O)NNC(=S)NC(=O)c2ccc(OCCC(C)C)c(Br)c2)cc(C)c1Cl. The molecule has 0 unspecified atom stereocenters. The highest BCUT2D eigenvalue weighted by Crippen LogP contribution is 2.27. The van der Waals surface area contributed by atoms with Gasteiger partial charge in [0.1, 0.15) is 11.5 Å². The number of ether oxygens (including phenoxy) is 2. The number of aryl methyl sites for hydroxylation is 2. The number of hydrazine groups is 1. The average Bonchev–Trinajstić information content (AvgIpc) is 2.75. The lowest BCUT2D eigenvalue weighted by atomic mass is 10.1. The zero-order valence-corrected chi connectivity index (χ0v) is 22.0. The van der Waals surface area contributed by atoms with Gasteiger partial charge >= 0.3 is 0 Å². The number of nitrogens with one attached hydrogen (secondary N) is 3. The van der Waals surface area contributed by atoms with Crippen molar-refractivity contribution in [1.82, 2.24) is 16.2 Å². The van der Waals surface area contributed by atoms with Crippen molar-refractivity contribution in [2.24, 2.45) is 5.92 Å². The number of hydrogen-bond donors (Lipinski definition) is 3. The molecule has 10 heteroatoms. The second-order valence-electron chi connectivity index (χ2n) is 7.79. The Morgan fingerprint density at radius 1 is 1.09 bits per heavy atom. The van der Waals surface area contributed by atoms with Gasteiger partial charge in [-0.1, -0.05) is 25.4 Å². The number of amides is 2. The summed E-state index contributed by atoms with van der Waals surface area (Å²) in [4.78, 5) is 24.4. The Bertz CT molecular complexity index is 1010. The van der Waals surface area contributed by atoms with E-state index in [1.165, 1.54) is 0 Å². The Morgan fingerprint density at radius 3 is 2.36 bits per heavy atom. The Morgan fingerprint density at radius 2 is 1.76 bits per heavy atom. The largest absolute Gasteiger partial charge is 0.492 e. The summed E-state index contributed by atoms with van der Waals surface area (Å²) in [5.41, 5.74) is 6.95. The fraction of sp³-hybridized carbons (Fsp3) is 0.348. The fourth-order valence-electron chi connectivity index (χ4n) is 2.67. The highest BCUT2D eigenvalue weighted by atomic mass is 79.9. The van der Waals surface area contributed by atoms with Gasteiger partial charge < -0.3 is 9.47 Å². The number of thiocarbonyl (C=S) groups is 1. The van der Waals surface area contributed by atoms with E-state index in [1.807, 2.05) is 13.8 Å². The third kappa shape index (κ3) is 8.83. The van der Waals surface area contributed by atoms with E-state index >= 15 is 0 Å². The molecule has 0 aliphatic rings. The van der Waals surface area contributed by atoms with Crippen molar-refractivity contribution in [1.29, 1.82) is 0 Å². The second-order valence-corrected chi connectivity index (χ2v) is 9.43. The van der Waals surface area contributed by atoms with Gasteiger partial charge in [-0.2, -0.15) is 0 Å². The van der Waals surface area contributed by atoms with Crippen molar-refractivity contribution < 1.29 is 19.1 Å². The Hall–Kier alpha value is -2.36. The molecule has 178 valence electrons. The van der Waals surface area contributed by atoms with Crippen LogP contribution < -0.4 is 25.6 Å². The van der Waals surface area contributed by atoms with Crippen molar-refractivity contribution in [2.75, 3.05) is 13.2 Å². The lowest BCUT2D eigenvalue weighted by Gasteiger charge is -2.13. The quantitative estimate of drug-likeness (QED) is 0.318. The number of hydrogen-bond acceptors (Lipinski definition) is 5.